The van der Waals surface area contributed by atoms with Gasteiger partial charge in [-0.3, -0.25) is 4.79 Å². The summed E-state index contributed by atoms with van der Waals surface area (Å²) in [6, 6.07) is 16.4. The molecule has 0 spiro atoms. The lowest BCUT2D eigenvalue weighted by Crippen LogP contribution is -2.29. The van der Waals surface area contributed by atoms with Crippen LogP contribution in [-0.2, 0) is 17.9 Å². The van der Waals surface area contributed by atoms with E-state index < -0.39 is 0 Å². The minimum absolute atomic E-state index is 0.0280. The van der Waals surface area contributed by atoms with Gasteiger partial charge >= 0.3 is 0 Å². The molecule has 1 amide bonds. The molecule has 0 radical (unpaired) electrons. The van der Waals surface area contributed by atoms with E-state index in [1.165, 1.54) is 27.8 Å². The lowest BCUT2D eigenvalue weighted by Gasteiger charge is -2.18. The SMILES string of the molecule is Cc1ccc(C)c(OCC(=O)NCc2nc3ccccc3n2Cc2c(C)c(C)cc(C)c2C)c1. The first-order chi connectivity index (χ1) is 16.2. The molecule has 4 rings (SSSR count). The van der Waals surface area contributed by atoms with Gasteiger partial charge in [-0.05, 0) is 98.7 Å². The van der Waals surface area contributed by atoms with E-state index in [1.807, 2.05) is 50.2 Å². The van der Waals surface area contributed by atoms with Crippen LogP contribution in [0.4, 0.5) is 0 Å². The first kappa shape index (κ1) is 23.6. The Kier molecular flexibility index (Phi) is 6.73. The second-order valence-corrected chi connectivity index (χ2v) is 9.18. The number of rotatable bonds is 7. The predicted molar refractivity (Wildman–Crippen MR) is 137 cm³/mol. The number of nitrogens with zero attached hydrogens (tertiary/aromatic N) is 2. The van der Waals surface area contributed by atoms with E-state index in [4.69, 9.17) is 9.72 Å². The Balaban J connectivity index is 1.55. The van der Waals surface area contributed by atoms with Gasteiger partial charge in [0.25, 0.3) is 5.91 Å². The maximum atomic E-state index is 12.6. The molecule has 0 aliphatic heterocycles. The van der Waals surface area contributed by atoms with E-state index in [0.717, 1.165) is 33.7 Å². The van der Waals surface area contributed by atoms with Crippen LogP contribution in [0.2, 0.25) is 0 Å². The minimum Gasteiger partial charge on any atom is -0.483 e. The van der Waals surface area contributed by atoms with Crippen molar-refractivity contribution in [3.05, 3.63) is 93.3 Å². The lowest BCUT2D eigenvalue weighted by molar-refractivity contribution is -0.123. The highest BCUT2D eigenvalue weighted by molar-refractivity contribution is 5.78. The van der Waals surface area contributed by atoms with Crippen molar-refractivity contribution in [1.29, 1.82) is 0 Å². The summed E-state index contributed by atoms with van der Waals surface area (Å²) in [7, 11) is 0. The van der Waals surface area contributed by atoms with Crippen LogP contribution in [0, 0.1) is 41.5 Å². The molecule has 0 aliphatic carbocycles. The van der Waals surface area contributed by atoms with Crippen LogP contribution in [0.15, 0.2) is 48.5 Å². The van der Waals surface area contributed by atoms with Gasteiger partial charge in [-0.15, -0.1) is 0 Å². The van der Waals surface area contributed by atoms with Crippen molar-refractivity contribution in [2.45, 2.75) is 54.6 Å². The Hall–Kier alpha value is -3.60. The highest BCUT2D eigenvalue weighted by atomic mass is 16.5. The number of carbonyl (C=O) groups excluding carboxylic acids is 1. The number of fused-ring (bicyclic) bond motifs is 1. The van der Waals surface area contributed by atoms with Gasteiger partial charge in [0.15, 0.2) is 6.61 Å². The first-order valence-electron chi connectivity index (χ1n) is 11.7. The molecule has 0 fully saturated rings. The van der Waals surface area contributed by atoms with Crippen molar-refractivity contribution >= 4 is 16.9 Å². The van der Waals surface area contributed by atoms with Crippen LogP contribution < -0.4 is 10.1 Å². The molecular formula is C29H33N3O2. The third kappa shape index (κ3) is 4.84. The Morgan fingerprint density at radius 1 is 0.912 bits per heavy atom. The van der Waals surface area contributed by atoms with E-state index in [-0.39, 0.29) is 12.5 Å². The summed E-state index contributed by atoms with van der Waals surface area (Å²) in [6.07, 6.45) is 0. The summed E-state index contributed by atoms with van der Waals surface area (Å²) in [5.74, 6) is 1.40. The second kappa shape index (κ2) is 9.72. The number of hydrogen-bond donors (Lipinski definition) is 1. The summed E-state index contributed by atoms with van der Waals surface area (Å²) in [6.45, 7) is 13.7. The molecular weight excluding hydrogens is 422 g/mol. The number of benzene rings is 3. The molecule has 1 N–H and O–H groups in total. The van der Waals surface area contributed by atoms with Gasteiger partial charge in [-0.25, -0.2) is 4.98 Å². The van der Waals surface area contributed by atoms with Crippen molar-refractivity contribution in [3.63, 3.8) is 0 Å². The summed E-state index contributed by atoms with van der Waals surface area (Å²) in [5.41, 5.74) is 10.6. The predicted octanol–water partition coefficient (Wildman–Crippen LogP) is 5.63. The average Bonchev–Trinajstić information content (AvgIpc) is 3.17. The largest absolute Gasteiger partial charge is 0.483 e. The molecule has 176 valence electrons. The van der Waals surface area contributed by atoms with E-state index in [0.29, 0.717) is 13.1 Å². The Morgan fingerprint density at radius 3 is 2.35 bits per heavy atom. The Morgan fingerprint density at radius 2 is 1.62 bits per heavy atom. The normalized spacial score (nSPS) is 11.1. The number of carbonyl (C=O) groups is 1. The van der Waals surface area contributed by atoms with E-state index >= 15 is 0 Å². The summed E-state index contributed by atoms with van der Waals surface area (Å²) >= 11 is 0. The molecule has 0 saturated carbocycles. The zero-order valence-corrected chi connectivity index (χ0v) is 21.0. The monoisotopic (exact) mass is 455 g/mol. The molecule has 0 saturated heterocycles. The van der Waals surface area contributed by atoms with Crippen LogP contribution in [0.3, 0.4) is 0 Å². The second-order valence-electron chi connectivity index (χ2n) is 9.18. The highest BCUT2D eigenvalue weighted by Crippen LogP contribution is 2.25. The maximum absolute atomic E-state index is 12.6. The number of amides is 1. The Labute approximate surface area is 201 Å². The van der Waals surface area contributed by atoms with Gasteiger partial charge < -0.3 is 14.6 Å². The van der Waals surface area contributed by atoms with Crippen molar-refractivity contribution in [2.75, 3.05) is 6.61 Å². The van der Waals surface area contributed by atoms with Gasteiger partial charge in [-0.2, -0.15) is 0 Å². The molecule has 1 aromatic heterocycles. The third-order valence-electron chi connectivity index (χ3n) is 6.72. The number of imidazole rings is 1. The quantitative estimate of drug-likeness (QED) is 0.393. The molecule has 5 heteroatoms. The standard InChI is InChI=1S/C29H33N3O2/c1-18-11-12-19(2)27(13-18)34-17-29(33)30-15-28-31-25-9-7-8-10-26(25)32(28)16-24-22(5)20(3)14-21(4)23(24)6/h7-14H,15-17H2,1-6H3,(H,30,33). The molecule has 0 unspecified atom stereocenters. The number of aryl methyl sites for hydroxylation is 4. The minimum atomic E-state index is -0.168. The average molecular weight is 456 g/mol. The molecule has 3 aromatic carbocycles. The number of hydrogen-bond acceptors (Lipinski definition) is 3. The van der Waals surface area contributed by atoms with Gasteiger partial charge in [0, 0.05) is 6.54 Å². The summed E-state index contributed by atoms with van der Waals surface area (Å²) in [5, 5.41) is 3.00. The third-order valence-corrected chi connectivity index (χ3v) is 6.72. The molecule has 34 heavy (non-hydrogen) atoms. The zero-order chi connectivity index (χ0) is 24.4. The fraction of sp³-hybridized carbons (Fsp3) is 0.310. The van der Waals surface area contributed by atoms with Crippen LogP contribution in [0.5, 0.6) is 5.75 Å². The zero-order valence-electron chi connectivity index (χ0n) is 21.0. The lowest BCUT2D eigenvalue weighted by atomic mass is 9.94. The van der Waals surface area contributed by atoms with E-state index in [9.17, 15) is 4.79 Å². The van der Waals surface area contributed by atoms with Gasteiger partial charge in [0.05, 0.1) is 17.6 Å². The molecule has 0 atom stereocenters. The van der Waals surface area contributed by atoms with Crippen molar-refractivity contribution in [3.8, 4) is 5.75 Å². The fourth-order valence-electron chi connectivity index (χ4n) is 4.37. The maximum Gasteiger partial charge on any atom is 0.258 e. The highest BCUT2D eigenvalue weighted by Gasteiger charge is 2.16. The smallest absolute Gasteiger partial charge is 0.258 e. The van der Waals surface area contributed by atoms with E-state index in [1.54, 1.807) is 0 Å². The van der Waals surface area contributed by atoms with E-state index in [2.05, 4.69) is 49.7 Å². The van der Waals surface area contributed by atoms with Gasteiger partial charge in [0.1, 0.15) is 11.6 Å². The number of nitrogens with one attached hydrogen (secondary N) is 1. The topological polar surface area (TPSA) is 56.1 Å². The van der Waals surface area contributed by atoms with Crippen molar-refractivity contribution in [1.82, 2.24) is 14.9 Å². The molecule has 4 aromatic rings. The molecule has 5 nitrogen and oxygen atoms in total. The van der Waals surface area contributed by atoms with Crippen LogP contribution in [-0.4, -0.2) is 22.1 Å². The molecule has 0 bridgehead atoms. The van der Waals surface area contributed by atoms with Gasteiger partial charge in [0.2, 0.25) is 0 Å². The van der Waals surface area contributed by atoms with Crippen LogP contribution in [0.1, 0.15) is 44.8 Å². The number of para-hydroxylation sites is 2. The van der Waals surface area contributed by atoms with Gasteiger partial charge in [-0.1, -0.05) is 30.3 Å². The first-order valence-corrected chi connectivity index (χ1v) is 11.7. The molecule has 1 heterocycles. The summed E-state index contributed by atoms with van der Waals surface area (Å²) in [4.78, 5) is 17.4. The number of ether oxygens (including phenoxy) is 1. The van der Waals surface area contributed by atoms with Crippen molar-refractivity contribution < 1.29 is 9.53 Å². The van der Waals surface area contributed by atoms with Crippen LogP contribution in [0.25, 0.3) is 11.0 Å². The fourth-order valence-corrected chi connectivity index (χ4v) is 4.37. The Bertz CT molecular complexity index is 1340. The van der Waals surface area contributed by atoms with Crippen molar-refractivity contribution in [2.24, 2.45) is 0 Å². The van der Waals surface area contributed by atoms with Crippen LogP contribution >= 0.6 is 0 Å². The summed E-state index contributed by atoms with van der Waals surface area (Å²) < 4.78 is 7.99. The molecule has 0 aliphatic rings. The number of aromatic nitrogens is 2.